The van der Waals surface area contributed by atoms with Gasteiger partial charge >= 0.3 is 7.52 Å². The minimum Gasteiger partial charge on any atom is -0.431 e. The van der Waals surface area contributed by atoms with E-state index in [4.69, 9.17) is 31.3 Å². The third-order valence-electron chi connectivity index (χ3n) is 5.17. The fourth-order valence-electron chi connectivity index (χ4n) is 3.45. The maximum absolute atomic E-state index is 13.6. The minimum atomic E-state index is -3.40. The average molecular weight is 531 g/mol. The van der Waals surface area contributed by atoms with Crippen molar-refractivity contribution in [3.8, 4) is 5.75 Å². The van der Waals surface area contributed by atoms with Crippen molar-refractivity contribution in [2.45, 2.75) is 26.2 Å². The quantitative estimate of drug-likeness (QED) is 0.190. The molecule has 0 fully saturated rings. The molecule has 0 saturated carbocycles. The molecule has 0 radical (unpaired) electrons. The topological polar surface area (TPSA) is 126 Å². The zero-order chi connectivity index (χ0) is 25.4. The van der Waals surface area contributed by atoms with Gasteiger partial charge in [0, 0.05) is 11.6 Å². The first-order valence-electron chi connectivity index (χ1n) is 11.4. The van der Waals surface area contributed by atoms with Crippen molar-refractivity contribution in [3.63, 3.8) is 0 Å². The van der Waals surface area contributed by atoms with Crippen molar-refractivity contribution in [1.29, 1.82) is 0 Å². The van der Waals surface area contributed by atoms with E-state index in [0.717, 1.165) is 5.56 Å². The molecule has 0 aliphatic rings. The van der Waals surface area contributed by atoms with Gasteiger partial charge in [-0.15, -0.1) is 0 Å². The number of fused-ring (bicyclic) bond motifs is 1. The Hall–Kier alpha value is -3.01. The van der Waals surface area contributed by atoms with E-state index in [0.29, 0.717) is 54.1 Å². The number of hydrogen-bond acceptors (Lipinski definition) is 8. The standard InChI is InChI=1S/C24H28ClN6O4P/c1-18(13-31-16-29-22-23(26)27-15-28-24(22)31)34-17-36(32,35-21-8-3-2-4-9-21)30-10-11-33-14-19-6-5-7-20(25)12-19/h2-9,12,15-16,18H,10-11,13-14,17H2,1H3,(H,30,32)(H2,26,27,28)/t18-,36?/m1/s1. The maximum atomic E-state index is 13.6. The molecule has 0 saturated heterocycles. The van der Waals surface area contributed by atoms with Gasteiger partial charge in [-0.2, -0.15) is 0 Å². The van der Waals surface area contributed by atoms with Gasteiger partial charge in [-0.05, 0) is 36.8 Å². The summed E-state index contributed by atoms with van der Waals surface area (Å²) in [5.41, 5.74) is 7.96. The smallest absolute Gasteiger partial charge is 0.342 e. The maximum Gasteiger partial charge on any atom is 0.342 e. The van der Waals surface area contributed by atoms with Crippen LogP contribution in [0.1, 0.15) is 12.5 Å². The highest BCUT2D eigenvalue weighted by molar-refractivity contribution is 7.57. The van der Waals surface area contributed by atoms with Crippen LogP contribution in [-0.2, 0) is 27.2 Å². The number of hydrogen-bond donors (Lipinski definition) is 2. The summed E-state index contributed by atoms with van der Waals surface area (Å²) < 4.78 is 32.9. The van der Waals surface area contributed by atoms with Gasteiger partial charge in [-0.1, -0.05) is 41.9 Å². The molecular formula is C24H28ClN6O4P. The summed E-state index contributed by atoms with van der Waals surface area (Å²) in [5.74, 6) is 0.798. The number of ether oxygens (including phenoxy) is 2. The summed E-state index contributed by atoms with van der Waals surface area (Å²) >= 11 is 6.01. The number of para-hydroxylation sites is 1. The lowest BCUT2D eigenvalue weighted by atomic mass is 10.2. The van der Waals surface area contributed by atoms with Gasteiger partial charge in [-0.3, -0.25) is 4.57 Å². The Bertz CT molecular complexity index is 1320. The molecule has 0 spiro atoms. The van der Waals surface area contributed by atoms with Gasteiger partial charge in [0.05, 0.1) is 32.2 Å². The Balaban J connectivity index is 1.33. The Kier molecular flexibility index (Phi) is 8.90. The molecule has 4 rings (SSSR count). The zero-order valence-electron chi connectivity index (χ0n) is 19.8. The summed E-state index contributed by atoms with van der Waals surface area (Å²) in [6.07, 6.45) is 2.57. The highest BCUT2D eigenvalue weighted by Crippen LogP contribution is 2.43. The summed E-state index contributed by atoms with van der Waals surface area (Å²) in [6.45, 7) is 3.34. The van der Waals surface area contributed by atoms with E-state index in [9.17, 15) is 4.57 Å². The van der Waals surface area contributed by atoms with E-state index in [1.54, 1.807) is 18.5 Å². The lowest BCUT2D eigenvalue weighted by Crippen LogP contribution is -2.25. The third kappa shape index (κ3) is 7.25. The molecule has 3 N–H and O–H groups in total. The lowest BCUT2D eigenvalue weighted by Gasteiger charge is -2.23. The summed E-state index contributed by atoms with van der Waals surface area (Å²) in [5, 5.41) is 3.65. The van der Waals surface area contributed by atoms with Crippen molar-refractivity contribution < 1.29 is 18.6 Å². The van der Waals surface area contributed by atoms with Gasteiger partial charge in [0.2, 0.25) is 0 Å². The van der Waals surface area contributed by atoms with Crippen LogP contribution >= 0.6 is 19.1 Å². The number of nitrogen functional groups attached to an aromatic ring is 1. The molecule has 0 aliphatic heterocycles. The van der Waals surface area contributed by atoms with Crippen LogP contribution in [0.2, 0.25) is 5.02 Å². The number of nitrogens with zero attached hydrogens (tertiary/aromatic N) is 4. The van der Waals surface area contributed by atoms with E-state index >= 15 is 0 Å². The molecule has 0 bridgehead atoms. The molecule has 2 aromatic heterocycles. The van der Waals surface area contributed by atoms with Crippen LogP contribution < -0.4 is 15.3 Å². The molecule has 0 aliphatic carbocycles. The van der Waals surface area contributed by atoms with Crippen LogP contribution in [0.3, 0.4) is 0 Å². The Morgan fingerprint density at radius 3 is 2.78 bits per heavy atom. The number of rotatable bonds is 13. The molecule has 2 heterocycles. The van der Waals surface area contributed by atoms with Crippen LogP contribution in [0.5, 0.6) is 5.75 Å². The molecule has 2 atom stereocenters. The van der Waals surface area contributed by atoms with Gasteiger partial charge in [-0.25, -0.2) is 20.0 Å². The molecular weight excluding hydrogens is 503 g/mol. The first-order chi connectivity index (χ1) is 17.4. The second-order valence-electron chi connectivity index (χ2n) is 8.10. The Morgan fingerprint density at radius 1 is 1.14 bits per heavy atom. The summed E-state index contributed by atoms with van der Waals surface area (Å²) in [7, 11) is -3.40. The fourth-order valence-corrected chi connectivity index (χ4v) is 5.21. The zero-order valence-corrected chi connectivity index (χ0v) is 21.4. The molecule has 0 amide bonds. The summed E-state index contributed by atoms with van der Waals surface area (Å²) in [4.78, 5) is 12.5. The van der Waals surface area contributed by atoms with Crippen molar-refractivity contribution in [2.75, 3.05) is 25.2 Å². The third-order valence-corrected chi connectivity index (χ3v) is 7.10. The predicted molar refractivity (Wildman–Crippen MR) is 139 cm³/mol. The van der Waals surface area contributed by atoms with Crippen molar-refractivity contribution >= 4 is 36.1 Å². The second-order valence-corrected chi connectivity index (χ2v) is 10.6. The number of aromatic nitrogens is 4. The number of anilines is 1. The first kappa shape index (κ1) is 26.1. The molecule has 36 heavy (non-hydrogen) atoms. The van der Waals surface area contributed by atoms with Crippen molar-refractivity contribution in [1.82, 2.24) is 24.6 Å². The van der Waals surface area contributed by atoms with Gasteiger partial charge in [0.25, 0.3) is 0 Å². The summed E-state index contributed by atoms with van der Waals surface area (Å²) in [6, 6.07) is 16.4. The highest BCUT2D eigenvalue weighted by atomic mass is 35.5. The number of benzene rings is 2. The second kappa shape index (κ2) is 12.3. The SMILES string of the molecule is C[C@H](Cn1cnc2c(N)ncnc21)OCP(=O)(NCCOCc1cccc(Cl)c1)Oc1ccccc1. The number of nitrogens with one attached hydrogen (secondary N) is 1. The van der Waals surface area contributed by atoms with E-state index in [-0.39, 0.29) is 12.5 Å². The van der Waals surface area contributed by atoms with E-state index in [1.807, 2.05) is 54.0 Å². The molecule has 1 unspecified atom stereocenters. The molecule has 12 heteroatoms. The van der Waals surface area contributed by atoms with Crippen LogP contribution in [0.25, 0.3) is 11.2 Å². The van der Waals surface area contributed by atoms with Crippen LogP contribution in [0.15, 0.2) is 67.3 Å². The van der Waals surface area contributed by atoms with Crippen molar-refractivity contribution in [2.24, 2.45) is 0 Å². The van der Waals surface area contributed by atoms with Gasteiger partial charge in [0.15, 0.2) is 11.5 Å². The predicted octanol–water partition coefficient (Wildman–Crippen LogP) is 4.50. The van der Waals surface area contributed by atoms with Crippen LogP contribution in [0.4, 0.5) is 5.82 Å². The molecule has 190 valence electrons. The molecule has 2 aromatic carbocycles. The van der Waals surface area contributed by atoms with Crippen LogP contribution in [0, 0.1) is 0 Å². The van der Waals surface area contributed by atoms with Gasteiger partial charge in [0.1, 0.15) is 23.9 Å². The largest absolute Gasteiger partial charge is 0.431 e. The lowest BCUT2D eigenvalue weighted by molar-refractivity contribution is 0.0815. The van der Waals surface area contributed by atoms with E-state index < -0.39 is 7.52 Å². The number of nitrogens with two attached hydrogens (primary N) is 1. The van der Waals surface area contributed by atoms with E-state index in [2.05, 4.69) is 20.0 Å². The van der Waals surface area contributed by atoms with Crippen LogP contribution in [-0.4, -0.2) is 45.1 Å². The number of halogens is 1. The first-order valence-corrected chi connectivity index (χ1v) is 13.5. The molecule has 10 nitrogen and oxygen atoms in total. The fraction of sp³-hybridized carbons (Fsp3) is 0.292. The molecule has 4 aromatic rings. The number of imidazole rings is 1. The Labute approximate surface area is 214 Å². The highest BCUT2D eigenvalue weighted by Gasteiger charge is 2.26. The monoisotopic (exact) mass is 530 g/mol. The Morgan fingerprint density at radius 2 is 1.97 bits per heavy atom. The van der Waals surface area contributed by atoms with Crippen molar-refractivity contribution in [3.05, 3.63) is 77.8 Å². The minimum absolute atomic E-state index is 0.138. The normalized spacial score (nSPS) is 13.9. The van der Waals surface area contributed by atoms with Gasteiger partial charge < -0.3 is 24.3 Å². The average Bonchev–Trinajstić information content (AvgIpc) is 3.27. The van der Waals surface area contributed by atoms with E-state index in [1.165, 1.54) is 6.33 Å².